The minimum Gasteiger partial charge on any atom is -0.310 e. The standard InChI is InChI=1S/C17H19BrFNS/c1-3-20-16(13-6-4-5-7-17(13)21-2)11-12-8-9-15(19)14(18)10-12/h4-10,16,20H,3,11H2,1-2H3. The molecule has 0 amide bonds. The van der Waals surface area contributed by atoms with Gasteiger partial charge in [0.1, 0.15) is 5.82 Å². The molecule has 0 aromatic heterocycles. The van der Waals surface area contributed by atoms with Gasteiger partial charge in [-0.3, -0.25) is 0 Å². The van der Waals surface area contributed by atoms with Gasteiger partial charge in [-0.2, -0.15) is 0 Å². The summed E-state index contributed by atoms with van der Waals surface area (Å²) in [7, 11) is 0. The Hall–Kier alpha value is -0.840. The van der Waals surface area contributed by atoms with E-state index in [4.69, 9.17) is 0 Å². The zero-order valence-electron chi connectivity index (χ0n) is 12.2. The molecule has 0 heterocycles. The molecule has 0 aliphatic carbocycles. The van der Waals surface area contributed by atoms with E-state index in [1.54, 1.807) is 11.8 Å². The number of hydrogen-bond donors (Lipinski definition) is 1. The maximum atomic E-state index is 13.4. The predicted molar refractivity (Wildman–Crippen MR) is 92.4 cm³/mol. The molecular formula is C17H19BrFNS. The molecule has 0 saturated carbocycles. The van der Waals surface area contributed by atoms with Gasteiger partial charge in [-0.05, 0) is 64.5 Å². The van der Waals surface area contributed by atoms with Crippen LogP contribution in [0.1, 0.15) is 24.1 Å². The Bertz CT molecular complexity index is 603. The number of likely N-dealkylation sites (N-methyl/N-ethyl adjacent to an activating group) is 1. The number of rotatable bonds is 6. The maximum Gasteiger partial charge on any atom is 0.137 e. The SMILES string of the molecule is CCNC(Cc1ccc(F)c(Br)c1)c1ccccc1SC. The lowest BCUT2D eigenvalue weighted by Crippen LogP contribution is -2.23. The van der Waals surface area contributed by atoms with Crippen LogP contribution in [0.3, 0.4) is 0 Å². The van der Waals surface area contributed by atoms with E-state index in [0.717, 1.165) is 18.5 Å². The molecule has 2 aromatic rings. The summed E-state index contributed by atoms with van der Waals surface area (Å²) in [6.45, 7) is 3.00. The quantitative estimate of drug-likeness (QED) is 0.703. The highest BCUT2D eigenvalue weighted by atomic mass is 79.9. The fourth-order valence-electron chi connectivity index (χ4n) is 2.40. The van der Waals surface area contributed by atoms with Crippen molar-refractivity contribution in [3.8, 4) is 0 Å². The van der Waals surface area contributed by atoms with Crippen molar-refractivity contribution >= 4 is 27.7 Å². The first-order valence-corrected chi connectivity index (χ1v) is 8.97. The normalized spacial score (nSPS) is 12.4. The van der Waals surface area contributed by atoms with Gasteiger partial charge in [0.2, 0.25) is 0 Å². The maximum absolute atomic E-state index is 13.4. The lowest BCUT2D eigenvalue weighted by atomic mass is 9.98. The van der Waals surface area contributed by atoms with Gasteiger partial charge >= 0.3 is 0 Å². The van der Waals surface area contributed by atoms with Crippen LogP contribution in [0.4, 0.5) is 4.39 Å². The molecule has 0 bridgehead atoms. The van der Waals surface area contributed by atoms with Gasteiger partial charge in [0.15, 0.2) is 0 Å². The summed E-state index contributed by atoms with van der Waals surface area (Å²) in [5, 5.41) is 3.53. The smallest absolute Gasteiger partial charge is 0.137 e. The third kappa shape index (κ3) is 4.31. The number of thioether (sulfide) groups is 1. The third-order valence-electron chi connectivity index (χ3n) is 3.39. The molecule has 112 valence electrons. The molecule has 0 fully saturated rings. The highest BCUT2D eigenvalue weighted by molar-refractivity contribution is 9.10. The summed E-state index contributed by atoms with van der Waals surface area (Å²) >= 11 is 5.02. The van der Waals surface area contributed by atoms with E-state index in [1.165, 1.54) is 16.5 Å². The first-order valence-electron chi connectivity index (χ1n) is 6.96. The monoisotopic (exact) mass is 367 g/mol. The second-order valence-electron chi connectivity index (χ2n) is 4.80. The lowest BCUT2D eigenvalue weighted by Gasteiger charge is -2.21. The topological polar surface area (TPSA) is 12.0 Å². The summed E-state index contributed by atoms with van der Waals surface area (Å²) in [4.78, 5) is 1.28. The molecule has 2 rings (SSSR count). The molecule has 0 saturated heterocycles. The fraction of sp³-hybridized carbons (Fsp3) is 0.294. The van der Waals surface area contributed by atoms with E-state index >= 15 is 0 Å². The third-order valence-corrected chi connectivity index (χ3v) is 4.81. The average molecular weight is 368 g/mol. The van der Waals surface area contributed by atoms with Gasteiger partial charge in [-0.1, -0.05) is 31.2 Å². The average Bonchev–Trinajstić information content (AvgIpc) is 2.50. The van der Waals surface area contributed by atoms with Crippen molar-refractivity contribution in [2.45, 2.75) is 24.3 Å². The Morgan fingerprint density at radius 3 is 2.67 bits per heavy atom. The van der Waals surface area contributed by atoms with Crippen LogP contribution in [-0.2, 0) is 6.42 Å². The Morgan fingerprint density at radius 1 is 1.24 bits per heavy atom. The minimum atomic E-state index is -0.219. The van der Waals surface area contributed by atoms with Gasteiger partial charge in [-0.25, -0.2) is 4.39 Å². The van der Waals surface area contributed by atoms with Crippen molar-refractivity contribution in [3.63, 3.8) is 0 Å². The van der Waals surface area contributed by atoms with Crippen molar-refractivity contribution in [3.05, 3.63) is 63.9 Å². The number of nitrogens with one attached hydrogen (secondary N) is 1. The first-order chi connectivity index (χ1) is 10.2. The van der Waals surface area contributed by atoms with Crippen LogP contribution < -0.4 is 5.32 Å². The van der Waals surface area contributed by atoms with Gasteiger partial charge < -0.3 is 5.32 Å². The summed E-state index contributed by atoms with van der Waals surface area (Å²) < 4.78 is 13.9. The second kappa shape index (κ2) is 7.97. The van der Waals surface area contributed by atoms with Crippen LogP contribution >= 0.6 is 27.7 Å². The summed E-state index contributed by atoms with van der Waals surface area (Å²) in [5.41, 5.74) is 2.41. The molecule has 4 heteroatoms. The molecule has 0 spiro atoms. The molecule has 21 heavy (non-hydrogen) atoms. The highest BCUT2D eigenvalue weighted by Crippen LogP contribution is 2.29. The zero-order chi connectivity index (χ0) is 15.2. The molecule has 0 aliphatic rings. The van der Waals surface area contributed by atoms with Gasteiger partial charge in [0.25, 0.3) is 0 Å². The van der Waals surface area contributed by atoms with Crippen LogP contribution in [-0.4, -0.2) is 12.8 Å². The van der Waals surface area contributed by atoms with Crippen molar-refractivity contribution in [2.75, 3.05) is 12.8 Å². The molecule has 0 aliphatic heterocycles. The second-order valence-corrected chi connectivity index (χ2v) is 6.51. The molecule has 1 unspecified atom stereocenters. The molecule has 2 aromatic carbocycles. The largest absolute Gasteiger partial charge is 0.310 e. The predicted octanol–water partition coefficient (Wildman–Crippen LogP) is 5.20. The molecule has 0 radical (unpaired) electrons. The first kappa shape index (κ1) is 16.5. The van der Waals surface area contributed by atoms with E-state index < -0.39 is 0 Å². The van der Waals surface area contributed by atoms with Gasteiger partial charge in [-0.15, -0.1) is 11.8 Å². The van der Waals surface area contributed by atoms with Crippen molar-refractivity contribution in [1.29, 1.82) is 0 Å². The summed E-state index contributed by atoms with van der Waals surface area (Å²) in [5.74, 6) is -0.219. The van der Waals surface area contributed by atoms with E-state index in [0.29, 0.717) is 4.47 Å². The van der Waals surface area contributed by atoms with Crippen molar-refractivity contribution in [2.24, 2.45) is 0 Å². The Kier molecular flexibility index (Phi) is 6.27. The Morgan fingerprint density at radius 2 is 2.00 bits per heavy atom. The summed E-state index contributed by atoms with van der Waals surface area (Å²) in [6.07, 6.45) is 2.93. The van der Waals surface area contributed by atoms with Crippen LogP contribution in [0.15, 0.2) is 51.8 Å². The molecule has 1 N–H and O–H groups in total. The number of benzene rings is 2. The van der Waals surface area contributed by atoms with E-state index in [9.17, 15) is 4.39 Å². The van der Waals surface area contributed by atoms with E-state index in [-0.39, 0.29) is 11.9 Å². The Balaban J connectivity index is 2.28. The van der Waals surface area contributed by atoms with Gasteiger partial charge in [0, 0.05) is 10.9 Å². The van der Waals surface area contributed by atoms with Crippen molar-refractivity contribution < 1.29 is 4.39 Å². The van der Waals surface area contributed by atoms with Crippen LogP contribution in [0.5, 0.6) is 0 Å². The zero-order valence-corrected chi connectivity index (χ0v) is 14.6. The van der Waals surface area contributed by atoms with E-state index in [1.807, 2.05) is 12.1 Å². The van der Waals surface area contributed by atoms with E-state index in [2.05, 4.69) is 58.7 Å². The van der Waals surface area contributed by atoms with Gasteiger partial charge in [0.05, 0.1) is 4.47 Å². The number of hydrogen-bond acceptors (Lipinski definition) is 2. The van der Waals surface area contributed by atoms with Crippen LogP contribution in [0.25, 0.3) is 0 Å². The molecule has 1 atom stereocenters. The minimum absolute atomic E-state index is 0.219. The number of halogens is 2. The van der Waals surface area contributed by atoms with Crippen LogP contribution in [0.2, 0.25) is 0 Å². The fourth-order valence-corrected chi connectivity index (χ4v) is 3.48. The Labute approximate surface area is 138 Å². The molecular weight excluding hydrogens is 349 g/mol. The summed E-state index contributed by atoms with van der Waals surface area (Å²) in [6, 6.07) is 13.9. The highest BCUT2D eigenvalue weighted by Gasteiger charge is 2.15. The van der Waals surface area contributed by atoms with Crippen molar-refractivity contribution in [1.82, 2.24) is 5.32 Å². The lowest BCUT2D eigenvalue weighted by molar-refractivity contribution is 0.541. The van der Waals surface area contributed by atoms with Crippen LogP contribution in [0, 0.1) is 5.82 Å². The molecule has 1 nitrogen and oxygen atoms in total.